The molecule has 0 spiro atoms. The highest BCUT2D eigenvalue weighted by atomic mass is 15.3. The molecule has 27 heavy (non-hydrogen) atoms. The highest BCUT2D eigenvalue weighted by Crippen LogP contribution is 2.38. The molecule has 4 heteroatoms. The molecule has 3 N–H and O–H groups in total. The first-order valence-electron chi connectivity index (χ1n) is 9.60. The SMILES string of the molecule is c1ccc2c(c1)N[C@@H](c1ccncc1)[NH+]1CCc3c([nH]c4ccccc34)[C@H]21. The summed E-state index contributed by atoms with van der Waals surface area (Å²) in [6.07, 6.45) is 5.11. The van der Waals surface area contributed by atoms with Gasteiger partial charge in [-0.3, -0.25) is 4.98 Å². The van der Waals surface area contributed by atoms with Crippen LogP contribution in [-0.4, -0.2) is 16.5 Å². The Hall–Kier alpha value is -3.11. The number of pyridine rings is 1. The number of hydrogen-bond acceptors (Lipinski definition) is 2. The van der Waals surface area contributed by atoms with Gasteiger partial charge in [-0.2, -0.15) is 0 Å². The summed E-state index contributed by atoms with van der Waals surface area (Å²) < 4.78 is 0. The van der Waals surface area contributed by atoms with Gasteiger partial charge in [0.1, 0.15) is 0 Å². The molecule has 6 rings (SSSR count). The number of H-pyrrole nitrogens is 1. The van der Waals surface area contributed by atoms with E-state index in [1.165, 1.54) is 39.0 Å². The van der Waals surface area contributed by atoms with Gasteiger partial charge in [-0.05, 0) is 29.8 Å². The van der Waals surface area contributed by atoms with Gasteiger partial charge in [0.25, 0.3) is 0 Å². The molecule has 0 saturated heterocycles. The fraction of sp³-hybridized carbons (Fsp3) is 0.174. The predicted octanol–water partition coefficient (Wildman–Crippen LogP) is 3.22. The molecule has 0 fully saturated rings. The van der Waals surface area contributed by atoms with Crippen LogP contribution in [0, 0.1) is 0 Å². The highest BCUT2D eigenvalue weighted by Gasteiger charge is 2.44. The second-order valence-corrected chi connectivity index (χ2v) is 7.52. The average Bonchev–Trinajstić information content (AvgIpc) is 3.12. The summed E-state index contributed by atoms with van der Waals surface area (Å²) in [5.74, 6) is 0. The molecular formula is C23H21N4+. The second-order valence-electron chi connectivity index (χ2n) is 7.52. The normalized spacial score (nSPS) is 23.2. The lowest BCUT2D eigenvalue weighted by Crippen LogP contribution is -3.15. The molecule has 132 valence electrons. The second kappa shape index (κ2) is 5.69. The van der Waals surface area contributed by atoms with Gasteiger partial charge in [0, 0.05) is 46.5 Å². The first-order chi connectivity index (χ1) is 13.4. The van der Waals surface area contributed by atoms with Crippen LogP contribution in [0.1, 0.15) is 34.6 Å². The minimum Gasteiger partial charge on any atom is -0.353 e. The zero-order valence-electron chi connectivity index (χ0n) is 14.9. The minimum absolute atomic E-state index is 0.229. The summed E-state index contributed by atoms with van der Waals surface area (Å²) in [7, 11) is 0. The molecule has 2 aliphatic rings. The molecule has 2 aromatic heterocycles. The molecule has 0 amide bonds. The van der Waals surface area contributed by atoms with Crippen molar-refractivity contribution in [1.29, 1.82) is 0 Å². The topological polar surface area (TPSA) is 45.2 Å². The summed E-state index contributed by atoms with van der Waals surface area (Å²) in [6.45, 7) is 1.10. The van der Waals surface area contributed by atoms with Crippen LogP contribution in [0.2, 0.25) is 0 Å². The smallest absolute Gasteiger partial charge is 0.188 e. The molecule has 0 bridgehead atoms. The fourth-order valence-electron chi connectivity index (χ4n) is 4.98. The molecule has 4 heterocycles. The number of benzene rings is 2. The van der Waals surface area contributed by atoms with Gasteiger partial charge in [-0.15, -0.1) is 0 Å². The predicted molar refractivity (Wildman–Crippen MR) is 107 cm³/mol. The Morgan fingerprint density at radius 3 is 2.67 bits per heavy atom. The number of aromatic amines is 1. The maximum atomic E-state index is 4.21. The Balaban J connectivity index is 1.58. The third-order valence-electron chi connectivity index (χ3n) is 6.15. The van der Waals surface area contributed by atoms with E-state index >= 15 is 0 Å². The summed E-state index contributed by atoms with van der Waals surface area (Å²) in [4.78, 5) is 9.53. The van der Waals surface area contributed by atoms with Crippen molar-refractivity contribution in [2.24, 2.45) is 0 Å². The highest BCUT2D eigenvalue weighted by molar-refractivity contribution is 5.85. The summed E-state index contributed by atoms with van der Waals surface area (Å²) in [6, 6.07) is 22.1. The summed E-state index contributed by atoms with van der Waals surface area (Å²) in [5, 5.41) is 5.18. The lowest BCUT2D eigenvalue weighted by atomic mass is 9.88. The van der Waals surface area contributed by atoms with E-state index in [-0.39, 0.29) is 6.17 Å². The van der Waals surface area contributed by atoms with Gasteiger partial charge in [-0.25, -0.2) is 0 Å². The molecule has 3 atom stereocenters. The maximum Gasteiger partial charge on any atom is 0.188 e. The summed E-state index contributed by atoms with van der Waals surface area (Å²) in [5.41, 5.74) is 8.03. The van der Waals surface area contributed by atoms with Gasteiger partial charge in [0.2, 0.25) is 0 Å². The standard InChI is InChI=1S/C23H20N4/c1-3-7-19-16(5-1)17-11-14-27-22(21(17)25-19)18-6-2-4-8-20(18)26-23(27)15-9-12-24-13-10-15/h1-10,12-13,22-23,25-26H,11,14H2/p+1/t22-,23+/m0/s1. The van der Waals surface area contributed by atoms with Crippen LogP contribution < -0.4 is 10.2 Å². The minimum atomic E-state index is 0.229. The Labute approximate surface area is 157 Å². The number of fused-ring (bicyclic) bond motifs is 7. The van der Waals surface area contributed by atoms with Crippen molar-refractivity contribution in [3.63, 3.8) is 0 Å². The monoisotopic (exact) mass is 353 g/mol. The number of aromatic nitrogens is 2. The van der Waals surface area contributed by atoms with Crippen LogP contribution in [0.5, 0.6) is 0 Å². The Morgan fingerprint density at radius 1 is 0.926 bits per heavy atom. The van der Waals surface area contributed by atoms with Gasteiger partial charge < -0.3 is 15.2 Å². The third-order valence-corrected chi connectivity index (χ3v) is 6.15. The van der Waals surface area contributed by atoms with Crippen LogP contribution in [0.25, 0.3) is 10.9 Å². The Bertz CT molecular complexity index is 1130. The van der Waals surface area contributed by atoms with Crippen LogP contribution >= 0.6 is 0 Å². The first-order valence-corrected chi connectivity index (χ1v) is 9.60. The molecule has 4 aromatic rings. The van der Waals surface area contributed by atoms with E-state index in [2.05, 4.69) is 75.9 Å². The van der Waals surface area contributed by atoms with Crippen molar-refractivity contribution in [3.05, 3.63) is 95.4 Å². The molecule has 4 nitrogen and oxygen atoms in total. The lowest BCUT2D eigenvalue weighted by Gasteiger charge is -2.43. The number of anilines is 1. The van der Waals surface area contributed by atoms with E-state index in [4.69, 9.17) is 0 Å². The first kappa shape index (κ1) is 15.0. The Morgan fingerprint density at radius 2 is 1.74 bits per heavy atom. The molecule has 2 aromatic carbocycles. The number of rotatable bonds is 1. The maximum absolute atomic E-state index is 4.21. The van der Waals surface area contributed by atoms with Gasteiger partial charge in [0.05, 0.1) is 12.2 Å². The molecule has 0 saturated carbocycles. The number of hydrogen-bond donors (Lipinski definition) is 3. The number of para-hydroxylation sites is 2. The number of nitrogens with one attached hydrogen (secondary N) is 3. The molecule has 0 radical (unpaired) electrons. The fourth-order valence-corrected chi connectivity index (χ4v) is 4.98. The molecular weight excluding hydrogens is 332 g/mol. The summed E-state index contributed by atoms with van der Waals surface area (Å²) >= 11 is 0. The quantitative estimate of drug-likeness (QED) is 0.492. The van der Waals surface area contributed by atoms with Crippen LogP contribution in [-0.2, 0) is 6.42 Å². The van der Waals surface area contributed by atoms with Crippen LogP contribution in [0.4, 0.5) is 5.69 Å². The largest absolute Gasteiger partial charge is 0.353 e. The zero-order valence-corrected chi connectivity index (χ0v) is 14.9. The lowest BCUT2D eigenvalue weighted by molar-refractivity contribution is -0.956. The van der Waals surface area contributed by atoms with Crippen molar-refractivity contribution >= 4 is 16.6 Å². The molecule has 2 aliphatic heterocycles. The van der Waals surface area contributed by atoms with E-state index in [0.29, 0.717) is 6.04 Å². The van der Waals surface area contributed by atoms with E-state index in [1.807, 2.05) is 12.4 Å². The van der Waals surface area contributed by atoms with E-state index in [1.54, 1.807) is 4.90 Å². The van der Waals surface area contributed by atoms with Crippen LogP contribution in [0.3, 0.4) is 0 Å². The Kier molecular flexibility index (Phi) is 3.16. The van der Waals surface area contributed by atoms with Gasteiger partial charge >= 0.3 is 0 Å². The van der Waals surface area contributed by atoms with Crippen molar-refractivity contribution in [2.45, 2.75) is 18.6 Å². The van der Waals surface area contributed by atoms with Crippen molar-refractivity contribution in [1.82, 2.24) is 9.97 Å². The van der Waals surface area contributed by atoms with Crippen molar-refractivity contribution < 1.29 is 4.90 Å². The average molecular weight is 353 g/mol. The zero-order chi connectivity index (χ0) is 17.8. The van der Waals surface area contributed by atoms with Crippen molar-refractivity contribution in [2.75, 3.05) is 11.9 Å². The number of nitrogens with zero attached hydrogens (tertiary/aromatic N) is 1. The third kappa shape index (κ3) is 2.17. The van der Waals surface area contributed by atoms with Crippen molar-refractivity contribution in [3.8, 4) is 0 Å². The number of quaternary nitrogens is 1. The molecule has 0 aliphatic carbocycles. The van der Waals surface area contributed by atoms with E-state index in [0.717, 1.165) is 13.0 Å². The van der Waals surface area contributed by atoms with E-state index in [9.17, 15) is 0 Å². The van der Waals surface area contributed by atoms with Crippen LogP contribution in [0.15, 0.2) is 73.1 Å². The molecule has 1 unspecified atom stereocenters. The van der Waals surface area contributed by atoms with Gasteiger partial charge in [-0.1, -0.05) is 36.4 Å². The van der Waals surface area contributed by atoms with Gasteiger partial charge in [0.15, 0.2) is 12.2 Å². The van der Waals surface area contributed by atoms with E-state index < -0.39 is 0 Å².